The lowest BCUT2D eigenvalue weighted by molar-refractivity contribution is -0.123. The van der Waals surface area contributed by atoms with Crippen LogP contribution in [0.25, 0.3) is 17.0 Å². The number of ether oxygens (including phenoxy) is 4. The maximum Gasteiger partial charge on any atom is 0.258 e. The van der Waals surface area contributed by atoms with Crippen molar-refractivity contribution in [2.75, 3.05) is 34.0 Å². The summed E-state index contributed by atoms with van der Waals surface area (Å²) in [6, 6.07) is 15.8. The largest absolute Gasteiger partial charge is 0.493 e. The second-order valence-electron chi connectivity index (χ2n) is 6.95. The van der Waals surface area contributed by atoms with Gasteiger partial charge in [0.2, 0.25) is 5.88 Å². The lowest BCUT2D eigenvalue weighted by Gasteiger charge is -2.10. The van der Waals surface area contributed by atoms with Gasteiger partial charge in [-0.25, -0.2) is 0 Å². The molecule has 0 aliphatic carbocycles. The standard InChI is InChI=1S/C23H22ClN5O5/c1-31-18-8-7-15(13-19(18)32-2)23-27-26-20-9-10-22(28-29(20)23)33-12-11-25-21(30)14-34-17-6-4-3-5-16(17)24/h3-10,13H,11-12,14H2,1-2H3,(H,25,30). The highest BCUT2D eigenvalue weighted by molar-refractivity contribution is 6.32. The van der Waals surface area contributed by atoms with Gasteiger partial charge >= 0.3 is 0 Å². The van der Waals surface area contributed by atoms with Crippen molar-refractivity contribution in [2.24, 2.45) is 0 Å². The summed E-state index contributed by atoms with van der Waals surface area (Å²) in [4.78, 5) is 12.0. The summed E-state index contributed by atoms with van der Waals surface area (Å²) >= 11 is 6.01. The first-order chi connectivity index (χ1) is 16.6. The molecule has 0 radical (unpaired) electrons. The Morgan fingerprint density at radius 3 is 2.59 bits per heavy atom. The van der Waals surface area contributed by atoms with E-state index in [4.69, 9.17) is 30.5 Å². The number of carbonyl (C=O) groups is 1. The van der Waals surface area contributed by atoms with Gasteiger partial charge in [0.25, 0.3) is 5.91 Å². The van der Waals surface area contributed by atoms with E-state index in [0.717, 1.165) is 5.56 Å². The van der Waals surface area contributed by atoms with E-state index in [1.54, 1.807) is 67.3 Å². The Balaban J connectivity index is 1.34. The molecule has 4 rings (SSSR count). The Bertz CT molecular complexity index is 1300. The summed E-state index contributed by atoms with van der Waals surface area (Å²) in [7, 11) is 3.14. The third kappa shape index (κ3) is 5.29. The Hall–Kier alpha value is -4.05. The molecule has 0 saturated carbocycles. The zero-order valence-corrected chi connectivity index (χ0v) is 19.3. The first-order valence-corrected chi connectivity index (χ1v) is 10.7. The topological polar surface area (TPSA) is 109 Å². The van der Waals surface area contributed by atoms with Gasteiger partial charge in [-0.2, -0.15) is 4.52 Å². The van der Waals surface area contributed by atoms with E-state index in [-0.39, 0.29) is 25.7 Å². The Morgan fingerprint density at radius 1 is 0.971 bits per heavy atom. The number of fused-ring (bicyclic) bond motifs is 1. The molecule has 1 N–H and O–H groups in total. The molecule has 0 spiro atoms. The number of methoxy groups -OCH3 is 2. The smallest absolute Gasteiger partial charge is 0.258 e. The van der Waals surface area contributed by atoms with E-state index in [2.05, 4.69) is 20.6 Å². The molecule has 0 unspecified atom stereocenters. The molecule has 0 bridgehead atoms. The summed E-state index contributed by atoms with van der Waals surface area (Å²) in [6.45, 7) is 0.336. The van der Waals surface area contributed by atoms with Gasteiger partial charge in [0.1, 0.15) is 12.4 Å². The molecule has 34 heavy (non-hydrogen) atoms. The van der Waals surface area contributed by atoms with Gasteiger partial charge in [-0.1, -0.05) is 23.7 Å². The molecule has 10 nitrogen and oxygen atoms in total. The number of halogens is 1. The monoisotopic (exact) mass is 483 g/mol. The molecule has 11 heteroatoms. The zero-order chi connectivity index (χ0) is 23.9. The maximum absolute atomic E-state index is 12.0. The van der Waals surface area contributed by atoms with E-state index in [0.29, 0.717) is 39.6 Å². The number of hydrogen-bond acceptors (Lipinski definition) is 8. The maximum atomic E-state index is 12.0. The number of nitrogens with one attached hydrogen (secondary N) is 1. The fourth-order valence-electron chi connectivity index (χ4n) is 3.11. The molecule has 0 aliphatic heterocycles. The predicted molar refractivity (Wildman–Crippen MR) is 125 cm³/mol. The minimum atomic E-state index is -0.290. The van der Waals surface area contributed by atoms with E-state index in [1.165, 1.54) is 0 Å². The van der Waals surface area contributed by atoms with Gasteiger partial charge in [-0.3, -0.25) is 4.79 Å². The van der Waals surface area contributed by atoms with Gasteiger partial charge in [-0.15, -0.1) is 15.3 Å². The molecule has 0 saturated heterocycles. The van der Waals surface area contributed by atoms with Crippen molar-refractivity contribution < 1.29 is 23.7 Å². The molecule has 2 aromatic heterocycles. The van der Waals surface area contributed by atoms with Crippen LogP contribution in [-0.2, 0) is 4.79 Å². The van der Waals surface area contributed by atoms with Gasteiger partial charge in [0.05, 0.1) is 25.8 Å². The van der Waals surface area contributed by atoms with Crippen LogP contribution in [-0.4, -0.2) is 59.7 Å². The van der Waals surface area contributed by atoms with Crippen molar-refractivity contribution in [3.8, 4) is 34.5 Å². The zero-order valence-electron chi connectivity index (χ0n) is 18.5. The van der Waals surface area contributed by atoms with Crippen LogP contribution in [0.5, 0.6) is 23.1 Å². The number of hydrogen-bond donors (Lipinski definition) is 1. The summed E-state index contributed by atoms with van der Waals surface area (Å²) in [6.07, 6.45) is 0. The van der Waals surface area contributed by atoms with E-state index in [9.17, 15) is 4.79 Å². The van der Waals surface area contributed by atoms with Crippen molar-refractivity contribution in [2.45, 2.75) is 0 Å². The Labute approximate surface area is 200 Å². The highest BCUT2D eigenvalue weighted by atomic mass is 35.5. The molecule has 4 aromatic rings. The van der Waals surface area contributed by atoms with Crippen molar-refractivity contribution in [1.82, 2.24) is 25.1 Å². The molecule has 2 aromatic carbocycles. The fraction of sp³-hybridized carbons (Fsp3) is 0.217. The fourth-order valence-corrected chi connectivity index (χ4v) is 3.30. The van der Waals surface area contributed by atoms with Gasteiger partial charge in [0, 0.05) is 11.6 Å². The van der Waals surface area contributed by atoms with Crippen molar-refractivity contribution in [3.05, 3.63) is 59.6 Å². The van der Waals surface area contributed by atoms with Crippen molar-refractivity contribution in [3.63, 3.8) is 0 Å². The molecular weight excluding hydrogens is 462 g/mol. The van der Waals surface area contributed by atoms with E-state index < -0.39 is 0 Å². The second-order valence-corrected chi connectivity index (χ2v) is 7.36. The molecule has 0 aliphatic rings. The molecule has 1 amide bonds. The molecule has 0 atom stereocenters. The van der Waals surface area contributed by atoms with Crippen LogP contribution in [0.1, 0.15) is 0 Å². The van der Waals surface area contributed by atoms with E-state index in [1.807, 2.05) is 6.07 Å². The van der Waals surface area contributed by atoms with Crippen LogP contribution >= 0.6 is 11.6 Å². The molecule has 176 valence electrons. The lowest BCUT2D eigenvalue weighted by atomic mass is 10.2. The Morgan fingerprint density at radius 2 is 1.79 bits per heavy atom. The summed E-state index contributed by atoms with van der Waals surface area (Å²) < 4.78 is 23.3. The second kappa shape index (κ2) is 10.7. The van der Waals surface area contributed by atoms with Crippen LogP contribution in [0.3, 0.4) is 0 Å². The van der Waals surface area contributed by atoms with Gasteiger partial charge < -0.3 is 24.3 Å². The number of carbonyl (C=O) groups excluding carboxylic acids is 1. The molecule has 2 heterocycles. The van der Waals surface area contributed by atoms with Crippen LogP contribution in [0, 0.1) is 0 Å². The van der Waals surface area contributed by atoms with E-state index >= 15 is 0 Å². The van der Waals surface area contributed by atoms with Gasteiger partial charge in [0.15, 0.2) is 29.6 Å². The Kier molecular flexibility index (Phi) is 7.28. The summed E-state index contributed by atoms with van der Waals surface area (Å²) in [5, 5.41) is 16.0. The predicted octanol–water partition coefficient (Wildman–Crippen LogP) is 3.04. The quantitative estimate of drug-likeness (QED) is 0.343. The third-order valence-corrected chi connectivity index (χ3v) is 5.06. The average Bonchev–Trinajstić information content (AvgIpc) is 3.29. The summed E-state index contributed by atoms with van der Waals surface area (Å²) in [5.74, 6) is 2.21. The lowest BCUT2D eigenvalue weighted by Crippen LogP contribution is -2.32. The van der Waals surface area contributed by atoms with Crippen LogP contribution in [0.2, 0.25) is 5.02 Å². The molecular formula is C23H22ClN5O5. The normalized spacial score (nSPS) is 10.7. The summed E-state index contributed by atoms with van der Waals surface area (Å²) in [5.41, 5.74) is 1.31. The number of para-hydroxylation sites is 1. The number of nitrogens with zero attached hydrogens (tertiary/aromatic N) is 4. The first kappa shape index (κ1) is 23.1. The average molecular weight is 484 g/mol. The minimum absolute atomic E-state index is 0.149. The SMILES string of the molecule is COc1ccc(-c2nnc3ccc(OCCNC(=O)COc4ccccc4Cl)nn23)cc1OC. The number of rotatable bonds is 10. The van der Waals surface area contributed by atoms with Crippen LogP contribution in [0.4, 0.5) is 0 Å². The number of aromatic nitrogens is 4. The van der Waals surface area contributed by atoms with Crippen molar-refractivity contribution in [1.29, 1.82) is 0 Å². The number of benzene rings is 2. The highest BCUT2D eigenvalue weighted by Crippen LogP contribution is 2.31. The van der Waals surface area contributed by atoms with Gasteiger partial charge in [-0.05, 0) is 36.4 Å². The molecule has 0 fully saturated rings. The number of amides is 1. The minimum Gasteiger partial charge on any atom is -0.493 e. The van der Waals surface area contributed by atoms with Crippen LogP contribution in [0.15, 0.2) is 54.6 Å². The van der Waals surface area contributed by atoms with Crippen LogP contribution < -0.4 is 24.3 Å². The third-order valence-electron chi connectivity index (χ3n) is 4.75. The first-order valence-electron chi connectivity index (χ1n) is 10.3. The van der Waals surface area contributed by atoms with Crippen molar-refractivity contribution >= 4 is 23.2 Å². The highest BCUT2D eigenvalue weighted by Gasteiger charge is 2.14.